The van der Waals surface area contributed by atoms with Gasteiger partial charge in [-0.2, -0.15) is 5.10 Å². The maximum absolute atomic E-state index is 12.6. The van der Waals surface area contributed by atoms with Crippen molar-refractivity contribution < 1.29 is 4.79 Å². The first-order valence-corrected chi connectivity index (χ1v) is 8.17. The summed E-state index contributed by atoms with van der Waals surface area (Å²) >= 11 is 12.0. The predicted octanol–water partition coefficient (Wildman–Crippen LogP) is 2.69. The van der Waals surface area contributed by atoms with Crippen molar-refractivity contribution in [3.05, 3.63) is 50.2 Å². The zero-order valence-corrected chi connectivity index (χ0v) is 15.3. The maximum Gasteiger partial charge on any atom is 0.261 e. The highest BCUT2D eigenvalue weighted by molar-refractivity contribution is 6.38. The number of amides is 1. The summed E-state index contributed by atoms with van der Waals surface area (Å²) in [5.74, 6) is -0.351. The van der Waals surface area contributed by atoms with Gasteiger partial charge in [0.15, 0.2) is 0 Å². The van der Waals surface area contributed by atoms with Gasteiger partial charge in [-0.3, -0.25) is 18.8 Å². The molecule has 0 bridgehead atoms. The van der Waals surface area contributed by atoms with Crippen molar-refractivity contribution in [3.8, 4) is 0 Å². The predicted molar refractivity (Wildman–Crippen MR) is 97.3 cm³/mol. The highest BCUT2D eigenvalue weighted by Crippen LogP contribution is 2.24. The monoisotopic (exact) mass is 379 g/mol. The average molecular weight is 380 g/mol. The van der Waals surface area contributed by atoms with Crippen molar-refractivity contribution in [2.75, 3.05) is 5.32 Å². The van der Waals surface area contributed by atoms with Gasteiger partial charge in [-0.05, 0) is 26.0 Å². The number of nitrogens with zero attached hydrogens (tertiary/aromatic N) is 4. The van der Waals surface area contributed by atoms with Crippen LogP contribution >= 0.6 is 23.2 Å². The quantitative estimate of drug-likeness (QED) is 0.758. The summed E-state index contributed by atoms with van der Waals surface area (Å²) < 4.78 is 2.89. The van der Waals surface area contributed by atoms with Crippen molar-refractivity contribution in [3.63, 3.8) is 0 Å². The van der Waals surface area contributed by atoms with Crippen LogP contribution in [0.2, 0.25) is 10.0 Å². The van der Waals surface area contributed by atoms with Crippen molar-refractivity contribution >= 4 is 45.7 Å². The second-order valence-corrected chi connectivity index (χ2v) is 6.52. The number of aromatic nitrogens is 4. The summed E-state index contributed by atoms with van der Waals surface area (Å²) in [4.78, 5) is 29.1. The summed E-state index contributed by atoms with van der Waals surface area (Å²) in [6, 6.07) is 3.00. The molecule has 3 rings (SSSR count). The van der Waals surface area contributed by atoms with Crippen LogP contribution in [0.1, 0.15) is 11.4 Å². The van der Waals surface area contributed by atoms with E-state index < -0.39 is 0 Å². The van der Waals surface area contributed by atoms with E-state index in [1.807, 2.05) is 6.92 Å². The number of carbonyl (C=O) groups excluding carboxylic acids is 1. The first-order chi connectivity index (χ1) is 11.8. The topological polar surface area (TPSA) is 81.8 Å². The summed E-state index contributed by atoms with van der Waals surface area (Å²) in [5, 5.41) is 7.91. The highest BCUT2D eigenvalue weighted by atomic mass is 35.5. The first-order valence-electron chi connectivity index (χ1n) is 7.42. The highest BCUT2D eigenvalue weighted by Gasteiger charge is 2.15. The Balaban J connectivity index is 1.91. The molecule has 0 spiro atoms. The number of benzene rings is 1. The molecule has 0 aliphatic heterocycles. The smallest absolute Gasteiger partial charge is 0.261 e. The Bertz CT molecular complexity index is 1050. The van der Waals surface area contributed by atoms with E-state index in [-0.39, 0.29) is 28.4 Å². The van der Waals surface area contributed by atoms with Crippen molar-refractivity contribution in [1.82, 2.24) is 19.3 Å². The fraction of sp³-hybridized carbons (Fsp3) is 0.250. The Kier molecular flexibility index (Phi) is 4.53. The zero-order valence-electron chi connectivity index (χ0n) is 13.8. The second-order valence-electron chi connectivity index (χ2n) is 5.68. The van der Waals surface area contributed by atoms with Gasteiger partial charge in [-0.1, -0.05) is 23.2 Å². The largest absolute Gasteiger partial charge is 0.321 e. The fourth-order valence-electron chi connectivity index (χ4n) is 2.60. The molecule has 0 saturated carbocycles. The third kappa shape index (κ3) is 3.25. The van der Waals surface area contributed by atoms with E-state index in [0.717, 1.165) is 5.69 Å². The molecule has 0 saturated heterocycles. The average Bonchev–Trinajstić information content (AvgIpc) is 2.77. The number of aryl methyl sites for hydroxylation is 2. The lowest BCUT2D eigenvalue weighted by atomic mass is 10.2. The summed E-state index contributed by atoms with van der Waals surface area (Å²) in [7, 11) is 1.79. The Morgan fingerprint density at radius 1 is 1.28 bits per heavy atom. The van der Waals surface area contributed by atoms with E-state index in [4.69, 9.17) is 23.2 Å². The van der Waals surface area contributed by atoms with E-state index >= 15 is 0 Å². The van der Waals surface area contributed by atoms with Gasteiger partial charge < -0.3 is 5.32 Å². The second kappa shape index (κ2) is 6.50. The molecule has 7 nitrogen and oxygen atoms in total. The molecule has 25 heavy (non-hydrogen) atoms. The molecule has 9 heteroatoms. The molecule has 1 aromatic carbocycles. The van der Waals surface area contributed by atoms with Gasteiger partial charge in [-0.25, -0.2) is 4.98 Å². The summed E-state index contributed by atoms with van der Waals surface area (Å²) in [6.45, 7) is 3.47. The van der Waals surface area contributed by atoms with Crippen LogP contribution in [0.4, 0.5) is 5.69 Å². The third-order valence-corrected chi connectivity index (χ3v) is 4.44. The van der Waals surface area contributed by atoms with Crippen LogP contribution in [-0.2, 0) is 18.4 Å². The molecule has 0 aliphatic rings. The normalized spacial score (nSPS) is 11.1. The number of halogens is 2. The number of nitrogens with one attached hydrogen (secondary N) is 1. The van der Waals surface area contributed by atoms with Gasteiger partial charge in [0, 0.05) is 12.1 Å². The maximum atomic E-state index is 12.6. The Hall–Kier alpha value is -2.38. The van der Waals surface area contributed by atoms with Crippen molar-refractivity contribution in [2.24, 2.45) is 7.05 Å². The molecule has 1 amide bonds. The molecule has 1 N–H and O–H groups in total. The lowest BCUT2D eigenvalue weighted by Gasteiger charge is -2.09. The minimum Gasteiger partial charge on any atom is -0.321 e. The molecule has 130 valence electrons. The fourth-order valence-corrected chi connectivity index (χ4v) is 3.14. The van der Waals surface area contributed by atoms with Crippen LogP contribution in [0.3, 0.4) is 0 Å². The van der Waals surface area contributed by atoms with E-state index in [1.54, 1.807) is 18.7 Å². The Morgan fingerprint density at radius 2 is 2.00 bits per heavy atom. The van der Waals surface area contributed by atoms with E-state index in [2.05, 4.69) is 15.4 Å². The minimum atomic E-state index is -0.385. The van der Waals surface area contributed by atoms with E-state index in [0.29, 0.717) is 21.9 Å². The number of hydrogen-bond acceptors (Lipinski definition) is 4. The molecular formula is C16H15Cl2N5O2. The van der Waals surface area contributed by atoms with Gasteiger partial charge in [-0.15, -0.1) is 0 Å². The van der Waals surface area contributed by atoms with Crippen LogP contribution in [-0.4, -0.2) is 25.2 Å². The van der Waals surface area contributed by atoms with Crippen LogP contribution < -0.4 is 10.9 Å². The molecule has 2 aromatic heterocycles. The number of hydrogen-bond donors (Lipinski definition) is 1. The van der Waals surface area contributed by atoms with Gasteiger partial charge in [0.25, 0.3) is 5.56 Å². The lowest BCUT2D eigenvalue weighted by molar-refractivity contribution is -0.116. The van der Waals surface area contributed by atoms with Crippen LogP contribution in [0.15, 0.2) is 23.3 Å². The van der Waals surface area contributed by atoms with Crippen molar-refractivity contribution in [1.29, 1.82) is 0 Å². The van der Waals surface area contributed by atoms with E-state index in [1.165, 1.54) is 23.0 Å². The molecule has 0 radical (unpaired) electrons. The van der Waals surface area contributed by atoms with Crippen LogP contribution in [0.25, 0.3) is 10.9 Å². The molecule has 0 fully saturated rings. The van der Waals surface area contributed by atoms with Crippen LogP contribution in [0.5, 0.6) is 0 Å². The number of carbonyl (C=O) groups is 1. The number of anilines is 1. The molecule has 2 heterocycles. The van der Waals surface area contributed by atoms with Gasteiger partial charge >= 0.3 is 0 Å². The van der Waals surface area contributed by atoms with Crippen molar-refractivity contribution in [2.45, 2.75) is 20.4 Å². The molecule has 0 atom stereocenters. The molecule has 0 unspecified atom stereocenters. The summed E-state index contributed by atoms with van der Waals surface area (Å²) in [5.41, 5.74) is 2.14. The van der Waals surface area contributed by atoms with Gasteiger partial charge in [0.05, 0.1) is 39.3 Å². The molecule has 3 aromatic rings. The van der Waals surface area contributed by atoms with Gasteiger partial charge in [0.2, 0.25) is 5.91 Å². The molecule has 0 aliphatic carbocycles. The number of fused-ring (bicyclic) bond motifs is 1. The Morgan fingerprint density at radius 3 is 2.64 bits per heavy atom. The first kappa shape index (κ1) is 17.4. The van der Waals surface area contributed by atoms with Crippen LogP contribution in [0, 0.1) is 13.8 Å². The Labute approximate surface area is 153 Å². The standard InChI is InChI=1S/C16H15Cl2N5O2/c1-8-14(9(2)22(3)21-8)20-13(24)6-23-7-19-15-11(16(23)25)4-10(17)5-12(15)18/h4-5,7H,6H2,1-3H3,(H,20,24). The zero-order chi connectivity index (χ0) is 18.3. The lowest BCUT2D eigenvalue weighted by Crippen LogP contribution is -2.28. The number of rotatable bonds is 3. The minimum absolute atomic E-state index is 0.181. The van der Waals surface area contributed by atoms with Gasteiger partial charge in [0.1, 0.15) is 6.54 Å². The SMILES string of the molecule is Cc1nn(C)c(C)c1NC(=O)Cn1cnc2c(Cl)cc(Cl)cc2c1=O. The third-order valence-electron chi connectivity index (χ3n) is 3.93. The van der Waals surface area contributed by atoms with E-state index in [9.17, 15) is 9.59 Å². The summed E-state index contributed by atoms with van der Waals surface area (Å²) in [6.07, 6.45) is 1.30. The molecular weight excluding hydrogens is 365 g/mol.